The summed E-state index contributed by atoms with van der Waals surface area (Å²) in [5, 5.41) is 6.69. The highest BCUT2D eigenvalue weighted by molar-refractivity contribution is 7.19. The van der Waals surface area contributed by atoms with E-state index in [0.29, 0.717) is 0 Å². The lowest BCUT2D eigenvalue weighted by atomic mass is 9.91. The molecule has 5 aromatic rings. The molecule has 0 N–H and O–H groups in total. The summed E-state index contributed by atoms with van der Waals surface area (Å²) in [5.74, 6) is 7.57. The van der Waals surface area contributed by atoms with Crippen LogP contribution >= 0.6 is 22.7 Å². The van der Waals surface area contributed by atoms with Gasteiger partial charge in [0.2, 0.25) is 0 Å². The van der Waals surface area contributed by atoms with Crippen molar-refractivity contribution in [2.24, 2.45) is 0 Å². The molecule has 0 bridgehead atoms. The molecule has 3 aromatic carbocycles. The van der Waals surface area contributed by atoms with E-state index in [4.69, 9.17) is 0 Å². The zero-order valence-electron chi connectivity index (χ0n) is 24.9. The van der Waals surface area contributed by atoms with Crippen LogP contribution in [0.1, 0.15) is 57.5 Å². The number of fused-ring (bicyclic) bond motifs is 4. The minimum absolute atomic E-state index is 0.144. The number of hydrogen-bond donors (Lipinski definition) is 0. The van der Waals surface area contributed by atoms with Crippen molar-refractivity contribution in [2.45, 2.75) is 84.7 Å². The van der Waals surface area contributed by atoms with Crippen LogP contribution in [0.4, 0.5) is 4.39 Å². The van der Waals surface area contributed by atoms with Gasteiger partial charge in [-0.05, 0) is 101 Å². The first-order valence-electron chi connectivity index (χ1n) is 14.8. The van der Waals surface area contributed by atoms with Crippen LogP contribution in [0.25, 0.3) is 41.7 Å². The molecule has 2 heterocycles. The summed E-state index contributed by atoms with van der Waals surface area (Å²) in [4.78, 5) is 1.31. The summed E-state index contributed by atoms with van der Waals surface area (Å²) in [6, 6.07) is 20.0. The van der Waals surface area contributed by atoms with Gasteiger partial charge in [-0.25, -0.2) is 0 Å². The Morgan fingerprint density at radius 1 is 0.575 bits per heavy atom. The van der Waals surface area contributed by atoms with Gasteiger partial charge in [0.15, 0.2) is 5.13 Å². The van der Waals surface area contributed by atoms with Gasteiger partial charge in [-0.2, -0.15) is 4.39 Å². The summed E-state index contributed by atoms with van der Waals surface area (Å²) in [6.07, 6.45) is 0. The summed E-state index contributed by atoms with van der Waals surface area (Å²) >= 11 is 3.07. The highest BCUT2D eigenvalue weighted by Gasteiger charge is 2.26. The lowest BCUT2D eigenvalue weighted by molar-refractivity contribution is 0.658. The van der Waals surface area contributed by atoms with Gasteiger partial charge < -0.3 is 0 Å². The Kier molecular flexibility index (Phi) is 8.33. The first-order valence-corrected chi connectivity index (χ1v) is 21.7. The summed E-state index contributed by atoms with van der Waals surface area (Å²) in [5.41, 5.74) is 9.95. The molecule has 0 saturated heterocycles. The van der Waals surface area contributed by atoms with Crippen LogP contribution in [0.2, 0.25) is 36.3 Å². The Morgan fingerprint density at radius 2 is 0.975 bits per heavy atom. The Hall–Kier alpha value is -2.42. The molecule has 0 spiro atoms. The van der Waals surface area contributed by atoms with Gasteiger partial charge in [0, 0.05) is 36.2 Å². The minimum atomic E-state index is -1.68. The molecule has 0 amide bonds. The van der Waals surface area contributed by atoms with Crippen LogP contribution in [-0.4, -0.2) is 16.1 Å². The monoisotopic (exact) mass is 598 g/mol. The Labute approximate surface area is 249 Å². The van der Waals surface area contributed by atoms with E-state index < -0.39 is 16.1 Å². The predicted octanol–water partition coefficient (Wildman–Crippen LogP) is 11.7. The second-order valence-electron chi connectivity index (χ2n) is 11.2. The van der Waals surface area contributed by atoms with E-state index in [1.165, 1.54) is 55.2 Å². The highest BCUT2D eigenvalue weighted by Crippen LogP contribution is 2.40. The molecule has 0 nitrogen and oxygen atoms in total. The van der Waals surface area contributed by atoms with E-state index in [0.717, 1.165) is 50.1 Å². The van der Waals surface area contributed by atoms with Gasteiger partial charge in [-0.1, -0.05) is 53.4 Å². The zero-order valence-corrected chi connectivity index (χ0v) is 28.5. The number of benzene rings is 3. The molecule has 0 fully saturated rings. The van der Waals surface area contributed by atoms with Crippen LogP contribution in [0, 0.1) is 35.0 Å². The molecule has 0 aliphatic carbocycles. The average molecular weight is 599 g/mol. The Bertz CT molecular complexity index is 1620. The summed E-state index contributed by atoms with van der Waals surface area (Å²) in [7, 11) is -3.36. The van der Waals surface area contributed by atoms with Crippen LogP contribution in [-0.2, 0) is 0 Å². The predicted molar refractivity (Wildman–Crippen MR) is 185 cm³/mol. The molecular formula is C35H39FS2Si2. The van der Waals surface area contributed by atoms with Crippen molar-refractivity contribution >= 4 is 80.5 Å². The average Bonchev–Trinajstić information content (AvgIpc) is 3.52. The van der Waals surface area contributed by atoms with Crippen molar-refractivity contribution in [1.82, 2.24) is 0 Å². The van der Waals surface area contributed by atoms with E-state index >= 15 is 0 Å². The van der Waals surface area contributed by atoms with E-state index in [9.17, 15) is 4.39 Å². The molecule has 5 rings (SSSR count). The molecule has 0 saturated carbocycles. The van der Waals surface area contributed by atoms with Crippen molar-refractivity contribution in [3.05, 3.63) is 57.5 Å². The lowest BCUT2D eigenvalue weighted by Gasteiger charge is -2.21. The maximum Gasteiger partial charge on any atom is 0.177 e. The van der Waals surface area contributed by atoms with Crippen molar-refractivity contribution in [3.63, 3.8) is 0 Å². The summed E-state index contributed by atoms with van der Waals surface area (Å²) < 4.78 is 16.8. The quantitative estimate of drug-likeness (QED) is 0.104. The largest absolute Gasteiger partial charge is 0.195 e. The third-order valence-corrected chi connectivity index (χ3v) is 20.8. The van der Waals surface area contributed by atoms with Crippen LogP contribution in [0.3, 0.4) is 0 Å². The highest BCUT2D eigenvalue weighted by atomic mass is 32.1. The molecular weight excluding hydrogens is 560 g/mol. The van der Waals surface area contributed by atoms with E-state index in [2.05, 4.69) is 102 Å². The third-order valence-electron chi connectivity index (χ3n) is 9.45. The maximum absolute atomic E-state index is 14.5. The van der Waals surface area contributed by atoms with Crippen LogP contribution in [0.15, 0.2) is 36.4 Å². The lowest BCUT2D eigenvalue weighted by Crippen LogP contribution is -2.29. The van der Waals surface area contributed by atoms with E-state index in [1.54, 1.807) is 6.07 Å². The van der Waals surface area contributed by atoms with Crippen LogP contribution in [0.5, 0.6) is 0 Å². The smallest absolute Gasteiger partial charge is 0.177 e. The normalized spacial score (nSPS) is 12.2. The number of aryl methyl sites for hydroxylation is 1. The number of rotatable bonds is 6. The molecule has 0 atom stereocenters. The second-order valence-corrected chi connectivity index (χ2v) is 23.4. The maximum atomic E-state index is 14.5. The fourth-order valence-electron chi connectivity index (χ4n) is 6.08. The first-order chi connectivity index (χ1) is 19.2. The SMILES string of the molecule is CC[Si](C#Cc1c2cc3cc(C)sc3cc2c(C#C[Si](CC)(CC)CC)c2cc3sc(F)cc3cc12)(CC)CC. The first kappa shape index (κ1) is 29.1. The Morgan fingerprint density at radius 3 is 1.43 bits per heavy atom. The van der Waals surface area contributed by atoms with E-state index in [-0.39, 0.29) is 5.13 Å². The molecule has 0 aliphatic heterocycles. The van der Waals surface area contributed by atoms with E-state index in [1.807, 2.05) is 11.3 Å². The van der Waals surface area contributed by atoms with Crippen molar-refractivity contribution < 1.29 is 4.39 Å². The van der Waals surface area contributed by atoms with Gasteiger partial charge in [0.1, 0.15) is 16.1 Å². The van der Waals surface area contributed by atoms with Crippen molar-refractivity contribution in [3.8, 4) is 22.9 Å². The molecule has 5 heteroatoms. The van der Waals surface area contributed by atoms with Gasteiger partial charge in [0.25, 0.3) is 0 Å². The van der Waals surface area contributed by atoms with Gasteiger partial charge in [-0.15, -0.1) is 33.8 Å². The van der Waals surface area contributed by atoms with Gasteiger partial charge in [-0.3, -0.25) is 0 Å². The van der Waals surface area contributed by atoms with Gasteiger partial charge in [0.05, 0.1) is 0 Å². The Balaban J connectivity index is 1.99. The van der Waals surface area contributed by atoms with Crippen molar-refractivity contribution in [1.29, 1.82) is 0 Å². The zero-order chi connectivity index (χ0) is 28.7. The number of hydrogen-bond acceptors (Lipinski definition) is 2. The van der Waals surface area contributed by atoms with Crippen LogP contribution < -0.4 is 0 Å². The molecule has 40 heavy (non-hydrogen) atoms. The van der Waals surface area contributed by atoms with Gasteiger partial charge >= 0.3 is 0 Å². The number of thiophene rings is 2. The number of halogens is 1. The second kappa shape index (κ2) is 11.5. The van der Waals surface area contributed by atoms with Crippen molar-refractivity contribution in [2.75, 3.05) is 0 Å². The molecule has 2 aromatic heterocycles. The fraction of sp³-hybridized carbons (Fsp3) is 0.371. The standard InChI is InChI=1S/C35H39FS2Si2/c1-8-39(9-2,10-3)16-14-27-29-19-25-18-24(7)37-33(25)22-31(29)28(15-17-40(11-4,12-5)13-6)32-23-34-26(20-30(27)32)21-35(36)38-34/h18-23H,8-13H2,1-7H3. The molecule has 0 aliphatic rings. The molecule has 0 radical (unpaired) electrons. The third kappa shape index (κ3) is 5.07. The summed E-state index contributed by atoms with van der Waals surface area (Å²) in [6.45, 7) is 16.0. The molecule has 206 valence electrons. The minimum Gasteiger partial charge on any atom is -0.195 e. The fourth-order valence-corrected chi connectivity index (χ4v) is 12.7. The molecule has 0 unspecified atom stereocenters. The topological polar surface area (TPSA) is 0 Å².